The number of carbonyl (C=O) groups excluding carboxylic acids is 4. The van der Waals surface area contributed by atoms with Gasteiger partial charge in [-0.25, -0.2) is 4.90 Å². The highest BCUT2D eigenvalue weighted by Crippen LogP contribution is 2.46. The summed E-state index contributed by atoms with van der Waals surface area (Å²) in [7, 11) is 0. The first-order chi connectivity index (χ1) is 18.1. The predicted molar refractivity (Wildman–Crippen MR) is 144 cm³/mol. The maximum absolute atomic E-state index is 13.1. The van der Waals surface area contributed by atoms with Crippen molar-refractivity contribution in [2.45, 2.75) is 19.4 Å². The molecule has 0 aliphatic carbocycles. The van der Waals surface area contributed by atoms with Crippen molar-refractivity contribution in [2.75, 3.05) is 11.4 Å². The highest BCUT2D eigenvalue weighted by Gasteiger charge is 2.43. The van der Waals surface area contributed by atoms with Crippen LogP contribution in [0, 0.1) is 5.92 Å². The van der Waals surface area contributed by atoms with E-state index in [1.165, 1.54) is 24.3 Å². The number of nitrogens with zero attached hydrogens (tertiary/aromatic N) is 2. The van der Waals surface area contributed by atoms with Crippen molar-refractivity contribution >= 4 is 75.8 Å². The molecule has 3 aromatic rings. The number of imide groups is 1. The summed E-state index contributed by atoms with van der Waals surface area (Å²) in [4.78, 5) is 54.4. The molecule has 2 aliphatic rings. The van der Waals surface area contributed by atoms with Crippen LogP contribution in [0.1, 0.15) is 45.7 Å². The van der Waals surface area contributed by atoms with Gasteiger partial charge in [0.25, 0.3) is 11.8 Å². The average Bonchev–Trinajstić information content (AvgIpc) is 3.43. The van der Waals surface area contributed by atoms with Gasteiger partial charge in [-0.3, -0.25) is 19.2 Å². The van der Waals surface area contributed by atoms with E-state index in [1.54, 1.807) is 4.90 Å². The second kappa shape index (κ2) is 10.2. The van der Waals surface area contributed by atoms with Gasteiger partial charge >= 0.3 is 5.97 Å². The minimum atomic E-state index is -0.745. The number of hydrogen-bond donors (Lipinski definition) is 0. The maximum Gasteiger partial charge on any atom is 0.316 e. The molecule has 5 rings (SSSR count). The fourth-order valence-corrected chi connectivity index (χ4v) is 5.66. The summed E-state index contributed by atoms with van der Waals surface area (Å²) in [6.07, 6.45) is 0.0205. The van der Waals surface area contributed by atoms with Gasteiger partial charge in [-0.2, -0.15) is 0 Å². The fraction of sp³-hybridized carbons (Fsp3) is 0.185. The Balaban J connectivity index is 1.34. The van der Waals surface area contributed by atoms with Gasteiger partial charge in [0.05, 0.1) is 48.9 Å². The molecule has 2 aliphatic heterocycles. The molecule has 2 heterocycles. The zero-order chi connectivity index (χ0) is 27.3. The summed E-state index contributed by atoms with van der Waals surface area (Å²) >= 11 is 24.6. The molecule has 3 aromatic carbocycles. The number of esters is 1. The van der Waals surface area contributed by atoms with Gasteiger partial charge in [-0.1, -0.05) is 82.8 Å². The molecular formula is C27H18Cl4N2O5. The van der Waals surface area contributed by atoms with Crippen LogP contribution in [-0.4, -0.2) is 35.1 Å². The lowest BCUT2D eigenvalue weighted by Gasteiger charge is -2.25. The van der Waals surface area contributed by atoms with E-state index < -0.39 is 23.7 Å². The van der Waals surface area contributed by atoms with E-state index in [-0.39, 0.29) is 67.6 Å². The van der Waals surface area contributed by atoms with Crippen LogP contribution < -0.4 is 9.64 Å². The van der Waals surface area contributed by atoms with E-state index in [4.69, 9.17) is 51.1 Å². The van der Waals surface area contributed by atoms with Crippen molar-refractivity contribution in [2.24, 2.45) is 5.92 Å². The minimum absolute atomic E-state index is 0.0205. The molecule has 0 N–H and O–H groups in total. The van der Waals surface area contributed by atoms with Gasteiger partial charge in [0, 0.05) is 19.0 Å². The Hall–Kier alpha value is -3.10. The van der Waals surface area contributed by atoms with Gasteiger partial charge in [0.15, 0.2) is 0 Å². The SMILES string of the molecule is C[C@@H](c1ccccc1)N1C[C@@H](C(=O)Oc2cccc(N3C(=O)c4c(Cl)c(Cl)c(Cl)c(Cl)c4C3=O)c2)CC1=O. The summed E-state index contributed by atoms with van der Waals surface area (Å²) in [6.45, 7) is 2.12. The number of amides is 3. The summed E-state index contributed by atoms with van der Waals surface area (Å²) in [5.41, 5.74) is 0.778. The first-order valence-electron chi connectivity index (χ1n) is 11.5. The van der Waals surface area contributed by atoms with E-state index in [2.05, 4.69) is 0 Å². The van der Waals surface area contributed by atoms with Crippen LogP contribution in [0.2, 0.25) is 20.1 Å². The van der Waals surface area contributed by atoms with Crippen molar-refractivity contribution in [3.05, 3.63) is 91.4 Å². The fourth-order valence-electron chi connectivity index (χ4n) is 4.64. The van der Waals surface area contributed by atoms with Crippen LogP contribution in [-0.2, 0) is 9.59 Å². The monoisotopic (exact) mass is 590 g/mol. The maximum atomic E-state index is 13.1. The largest absolute Gasteiger partial charge is 0.426 e. The molecule has 1 fully saturated rings. The zero-order valence-corrected chi connectivity index (χ0v) is 22.7. The topological polar surface area (TPSA) is 84.0 Å². The standard InChI is InChI=1S/C27H18Cl4N2O5/c1-13(14-6-3-2-4-7-14)32-12-15(10-18(32)34)27(37)38-17-9-5-8-16(11-17)33-25(35)19-20(26(33)36)22(29)24(31)23(30)21(19)28/h2-9,11,13,15H,10,12H2,1H3/t13-,15-/m0/s1. The number of ether oxygens (including phenoxy) is 1. The number of fused-ring (bicyclic) bond motifs is 1. The molecule has 11 heteroatoms. The van der Waals surface area contributed by atoms with Crippen molar-refractivity contribution < 1.29 is 23.9 Å². The number of carbonyl (C=O) groups is 4. The van der Waals surface area contributed by atoms with Crippen LogP contribution >= 0.6 is 46.4 Å². The molecule has 7 nitrogen and oxygen atoms in total. The van der Waals surface area contributed by atoms with Gasteiger partial charge in [-0.15, -0.1) is 0 Å². The quantitative estimate of drug-likeness (QED) is 0.109. The minimum Gasteiger partial charge on any atom is -0.426 e. The van der Waals surface area contributed by atoms with E-state index in [0.29, 0.717) is 0 Å². The molecule has 38 heavy (non-hydrogen) atoms. The highest BCUT2D eigenvalue weighted by atomic mass is 35.5. The van der Waals surface area contributed by atoms with Crippen LogP contribution in [0.5, 0.6) is 5.75 Å². The lowest BCUT2D eigenvalue weighted by atomic mass is 10.1. The van der Waals surface area contributed by atoms with Crippen LogP contribution in [0.4, 0.5) is 5.69 Å². The highest BCUT2D eigenvalue weighted by molar-refractivity contribution is 6.56. The molecule has 0 saturated carbocycles. The average molecular weight is 592 g/mol. The van der Waals surface area contributed by atoms with Gasteiger partial charge in [0.1, 0.15) is 5.75 Å². The van der Waals surface area contributed by atoms with Gasteiger partial charge < -0.3 is 9.64 Å². The molecule has 0 unspecified atom stereocenters. The van der Waals surface area contributed by atoms with Crippen molar-refractivity contribution in [3.8, 4) is 5.75 Å². The molecule has 194 valence electrons. The molecule has 0 radical (unpaired) electrons. The number of hydrogen-bond acceptors (Lipinski definition) is 5. The Morgan fingerprint density at radius 2 is 1.47 bits per heavy atom. The molecule has 1 saturated heterocycles. The molecule has 0 spiro atoms. The Kier molecular flexibility index (Phi) is 7.13. The first-order valence-corrected chi connectivity index (χ1v) is 13.0. The third-order valence-corrected chi connectivity index (χ3v) is 8.44. The zero-order valence-electron chi connectivity index (χ0n) is 19.7. The van der Waals surface area contributed by atoms with Crippen LogP contribution in [0.25, 0.3) is 0 Å². The lowest BCUT2D eigenvalue weighted by molar-refractivity contribution is -0.139. The Labute approximate surface area is 237 Å². The van der Waals surface area contributed by atoms with Gasteiger partial charge in [0.2, 0.25) is 5.91 Å². The number of halogens is 4. The molecule has 2 atom stereocenters. The summed E-state index contributed by atoms with van der Waals surface area (Å²) < 4.78 is 5.55. The normalized spacial score (nSPS) is 17.7. The third kappa shape index (κ3) is 4.43. The lowest BCUT2D eigenvalue weighted by Crippen LogP contribution is -2.30. The van der Waals surface area contributed by atoms with E-state index in [1.807, 2.05) is 37.3 Å². The van der Waals surface area contributed by atoms with Gasteiger partial charge in [-0.05, 0) is 24.6 Å². The Morgan fingerprint density at radius 1 is 0.868 bits per heavy atom. The Bertz CT molecular complexity index is 1460. The molecule has 3 amide bonds. The smallest absolute Gasteiger partial charge is 0.316 e. The van der Waals surface area contributed by atoms with Crippen LogP contribution in [0.15, 0.2) is 54.6 Å². The predicted octanol–water partition coefficient (Wildman–Crippen LogP) is 6.62. The second-order valence-corrected chi connectivity index (χ2v) is 10.4. The van der Waals surface area contributed by atoms with Crippen molar-refractivity contribution in [1.82, 2.24) is 4.90 Å². The second-order valence-electron chi connectivity index (χ2n) is 8.90. The van der Waals surface area contributed by atoms with E-state index in [9.17, 15) is 19.2 Å². The Morgan fingerprint density at radius 3 is 2.08 bits per heavy atom. The van der Waals surface area contributed by atoms with Crippen LogP contribution in [0.3, 0.4) is 0 Å². The molecular weight excluding hydrogens is 574 g/mol. The summed E-state index contributed by atoms with van der Waals surface area (Å²) in [5, 5.41) is -0.631. The number of anilines is 1. The molecule has 0 aromatic heterocycles. The number of benzene rings is 3. The van der Waals surface area contributed by atoms with E-state index >= 15 is 0 Å². The van der Waals surface area contributed by atoms with E-state index in [0.717, 1.165) is 10.5 Å². The summed E-state index contributed by atoms with van der Waals surface area (Å²) in [5.74, 6) is -2.80. The van der Waals surface area contributed by atoms with Crippen molar-refractivity contribution in [1.29, 1.82) is 0 Å². The first kappa shape index (κ1) is 26.5. The number of likely N-dealkylation sites (tertiary alicyclic amines) is 1. The summed E-state index contributed by atoms with van der Waals surface area (Å²) in [6, 6.07) is 15.2. The third-order valence-electron chi connectivity index (χ3n) is 6.64. The molecule has 0 bridgehead atoms. The number of rotatable bonds is 5. The van der Waals surface area contributed by atoms with Crippen molar-refractivity contribution in [3.63, 3.8) is 0 Å².